The van der Waals surface area contributed by atoms with E-state index >= 15 is 0 Å². The normalized spacial score (nSPS) is 10.8. The molecule has 19 heavy (non-hydrogen) atoms. The number of hydrogen-bond donors (Lipinski definition) is 0. The molecule has 6 heteroatoms. The summed E-state index contributed by atoms with van der Waals surface area (Å²) >= 11 is 3.45. The van der Waals surface area contributed by atoms with Gasteiger partial charge in [0, 0.05) is 25.2 Å². The van der Waals surface area contributed by atoms with Crippen LogP contribution in [-0.2, 0) is 20.1 Å². The number of aryl methyl sites for hydroxylation is 2. The highest BCUT2D eigenvalue weighted by Crippen LogP contribution is 2.23. The van der Waals surface area contributed by atoms with E-state index in [1.165, 1.54) is 0 Å². The Morgan fingerprint density at radius 1 is 1.26 bits per heavy atom. The molecule has 1 aromatic heterocycles. The van der Waals surface area contributed by atoms with Crippen LogP contribution in [0.4, 0.5) is 8.78 Å². The molecular formula is C13H13BrF2N2O. The second-order valence-electron chi connectivity index (χ2n) is 4.08. The van der Waals surface area contributed by atoms with Crippen LogP contribution in [0.2, 0.25) is 0 Å². The van der Waals surface area contributed by atoms with Crippen LogP contribution in [0.3, 0.4) is 0 Å². The highest BCUT2D eigenvalue weighted by atomic mass is 79.9. The van der Waals surface area contributed by atoms with Crippen molar-refractivity contribution in [3.8, 4) is 5.75 Å². The maximum Gasteiger partial charge on any atom is 0.131 e. The summed E-state index contributed by atoms with van der Waals surface area (Å²) in [6, 6.07) is 3.10. The molecule has 0 bridgehead atoms. The molecule has 2 aromatic rings. The van der Waals surface area contributed by atoms with Gasteiger partial charge in [0.2, 0.25) is 0 Å². The molecule has 0 N–H and O–H groups in total. The van der Waals surface area contributed by atoms with Gasteiger partial charge in [0.05, 0.1) is 15.9 Å². The summed E-state index contributed by atoms with van der Waals surface area (Å²) in [6.45, 7) is 2.19. The fraction of sp³-hybridized carbons (Fsp3) is 0.308. The Balaban J connectivity index is 2.16. The Labute approximate surface area is 118 Å². The van der Waals surface area contributed by atoms with Crippen LogP contribution >= 0.6 is 15.9 Å². The first kappa shape index (κ1) is 14.0. The van der Waals surface area contributed by atoms with Gasteiger partial charge < -0.3 is 4.74 Å². The van der Waals surface area contributed by atoms with Gasteiger partial charge in [0.15, 0.2) is 0 Å². The molecule has 0 aliphatic rings. The van der Waals surface area contributed by atoms with Gasteiger partial charge >= 0.3 is 0 Å². The number of benzene rings is 1. The molecule has 0 unspecified atom stereocenters. The van der Waals surface area contributed by atoms with E-state index in [1.54, 1.807) is 11.7 Å². The smallest absolute Gasteiger partial charge is 0.131 e. The van der Waals surface area contributed by atoms with E-state index < -0.39 is 11.6 Å². The summed E-state index contributed by atoms with van der Waals surface area (Å²) in [7, 11) is 1.80. The summed E-state index contributed by atoms with van der Waals surface area (Å²) in [5.41, 5.74) is 1.74. The lowest BCUT2D eigenvalue weighted by molar-refractivity contribution is 0.291. The molecule has 0 fully saturated rings. The van der Waals surface area contributed by atoms with Gasteiger partial charge in [-0.3, -0.25) is 4.68 Å². The minimum Gasteiger partial charge on any atom is -0.487 e. The molecule has 3 nitrogen and oxygen atoms in total. The third-order valence-corrected chi connectivity index (χ3v) is 3.63. The lowest BCUT2D eigenvalue weighted by atomic mass is 10.3. The Hall–Kier alpha value is -1.43. The average molecular weight is 331 g/mol. The first-order valence-corrected chi connectivity index (χ1v) is 6.59. The van der Waals surface area contributed by atoms with Crippen molar-refractivity contribution in [2.24, 2.45) is 7.05 Å². The van der Waals surface area contributed by atoms with Crippen molar-refractivity contribution in [2.45, 2.75) is 20.0 Å². The molecule has 2 rings (SSSR count). The van der Waals surface area contributed by atoms with Crippen LogP contribution in [0.1, 0.15) is 18.3 Å². The largest absolute Gasteiger partial charge is 0.487 e. The van der Waals surface area contributed by atoms with Crippen molar-refractivity contribution >= 4 is 15.9 Å². The van der Waals surface area contributed by atoms with E-state index in [0.717, 1.165) is 40.5 Å². The molecule has 0 saturated carbocycles. The van der Waals surface area contributed by atoms with Crippen LogP contribution in [0.15, 0.2) is 22.7 Å². The van der Waals surface area contributed by atoms with Crippen molar-refractivity contribution < 1.29 is 13.5 Å². The highest BCUT2D eigenvalue weighted by molar-refractivity contribution is 9.10. The lowest BCUT2D eigenvalue weighted by Gasteiger charge is -2.07. The maximum atomic E-state index is 13.0. The summed E-state index contributed by atoms with van der Waals surface area (Å²) < 4.78 is 34.0. The number of nitrogens with zero attached hydrogens (tertiary/aromatic N) is 2. The second kappa shape index (κ2) is 5.69. The predicted molar refractivity (Wildman–Crippen MR) is 71.0 cm³/mol. The molecule has 0 aliphatic heterocycles. The molecule has 1 heterocycles. The predicted octanol–water partition coefficient (Wildman–Crippen LogP) is 3.60. The summed E-state index contributed by atoms with van der Waals surface area (Å²) in [5, 5.41) is 4.32. The van der Waals surface area contributed by atoms with Crippen LogP contribution < -0.4 is 4.74 Å². The van der Waals surface area contributed by atoms with Gasteiger partial charge in [-0.2, -0.15) is 5.10 Å². The number of halogens is 3. The molecule has 0 amide bonds. The van der Waals surface area contributed by atoms with E-state index in [9.17, 15) is 8.78 Å². The number of rotatable bonds is 4. The van der Waals surface area contributed by atoms with Crippen LogP contribution in [0, 0.1) is 11.6 Å². The quantitative estimate of drug-likeness (QED) is 0.856. The zero-order chi connectivity index (χ0) is 14.0. The highest BCUT2D eigenvalue weighted by Gasteiger charge is 2.13. The molecule has 102 valence electrons. The van der Waals surface area contributed by atoms with Crippen molar-refractivity contribution in [3.05, 3.63) is 45.7 Å². The minimum absolute atomic E-state index is 0.156. The van der Waals surface area contributed by atoms with Gasteiger partial charge in [0.25, 0.3) is 0 Å². The van der Waals surface area contributed by atoms with Gasteiger partial charge in [-0.15, -0.1) is 0 Å². The first-order valence-electron chi connectivity index (χ1n) is 5.80. The van der Waals surface area contributed by atoms with Crippen LogP contribution in [0.5, 0.6) is 5.75 Å². The Morgan fingerprint density at radius 2 is 1.89 bits per heavy atom. The second-order valence-corrected chi connectivity index (χ2v) is 4.87. The fourth-order valence-electron chi connectivity index (χ4n) is 1.74. The maximum absolute atomic E-state index is 13.0. The summed E-state index contributed by atoms with van der Waals surface area (Å²) in [4.78, 5) is 0. The fourth-order valence-corrected chi connectivity index (χ4v) is 2.47. The zero-order valence-corrected chi connectivity index (χ0v) is 12.2. The SMILES string of the molecule is CCc1nn(C)c(COc2cc(F)cc(F)c2)c1Br. The molecule has 0 radical (unpaired) electrons. The van der Waals surface area contributed by atoms with Crippen LogP contribution in [0.25, 0.3) is 0 Å². The number of ether oxygens (including phenoxy) is 1. The van der Waals surface area contributed by atoms with Crippen LogP contribution in [-0.4, -0.2) is 9.78 Å². The summed E-state index contributed by atoms with van der Waals surface area (Å²) in [6.07, 6.45) is 0.795. The molecular weight excluding hydrogens is 318 g/mol. The monoisotopic (exact) mass is 330 g/mol. The number of hydrogen-bond acceptors (Lipinski definition) is 2. The number of aromatic nitrogens is 2. The molecule has 0 spiro atoms. The van der Waals surface area contributed by atoms with Crippen molar-refractivity contribution in [1.29, 1.82) is 0 Å². The zero-order valence-electron chi connectivity index (χ0n) is 10.6. The Kier molecular flexibility index (Phi) is 4.19. The van der Waals surface area contributed by atoms with Crippen molar-refractivity contribution in [2.75, 3.05) is 0 Å². The van der Waals surface area contributed by atoms with Crippen molar-refractivity contribution in [3.63, 3.8) is 0 Å². The third-order valence-electron chi connectivity index (χ3n) is 2.71. The van der Waals surface area contributed by atoms with Gasteiger partial charge in [-0.25, -0.2) is 8.78 Å². The first-order chi connectivity index (χ1) is 9.01. The topological polar surface area (TPSA) is 27.1 Å². The Bertz CT molecular complexity index is 578. The molecule has 0 atom stereocenters. The van der Waals surface area contributed by atoms with Gasteiger partial charge in [-0.1, -0.05) is 6.92 Å². The van der Waals surface area contributed by atoms with E-state index in [-0.39, 0.29) is 12.4 Å². The van der Waals surface area contributed by atoms with Gasteiger partial charge in [-0.05, 0) is 22.4 Å². The van der Waals surface area contributed by atoms with E-state index in [1.807, 2.05) is 6.92 Å². The molecule has 1 aromatic carbocycles. The van der Waals surface area contributed by atoms with E-state index in [4.69, 9.17) is 4.74 Å². The Morgan fingerprint density at radius 3 is 2.42 bits per heavy atom. The van der Waals surface area contributed by atoms with E-state index in [2.05, 4.69) is 21.0 Å². The van der Waals surface area contributed by atoms with Crippen molar-refractivity contribution in [1.82, 2.24) is 9.78 Å². The molecule has 0 aliphatic carbocycles. The van der Waals surface area contributed by atoms with E-state index in [0.29, 0.717) is 0 Å². The molecule has 0 saturated heterocycles. The standard InChI is InChI=1S/C13H13BrF2N2O/c1-3-11-13(14)12(18(2)17-11)7-19-10-5-8(15)4-9(16)6-10/h4-6H,3,7H2,1-2H3. The summed E-state index contributed by atoms with van der Waals surface area (Å²) in [5.74, 6) is -1.16. The van der Waals surface area contributed by atoms with Gasteiger partial charge in [0.1, 0.15) is 24.0 Å². The average Bonchev–Trinajstić information content (AvgIpc) is 2.61. The minimum atomic E-state index is -0.659. The lowest BCUT2D eigenvalue weighted by Crippen LogP contribution is -2.04. The third kappa shape index (κ3) is 3.12.